The van der Waals surface area contributed by atoms with E-state index < -0.39 is 41.9 Å². The first-order valence-corrected chi connectivity index (χ1v) is 12.2. The number of ether oxygens (including phenoxy) is 2. The highest BCUT2D eigenvalue weighted by Crippen LogP contribution is 2.39. The van der Waals surface area contributed by atoms with E-state index in [1.54, 1.807) is 0 Å². The highest BCUT2D eigenvalue weighted by Gasteiger charge is 2.39. The summed E-state index contributed by atoms with van der Waals surface area (Å²) in [5, 5.41) is 11.2. The zero-order chi connectivity index (χ0) is 28.4. The van der Waals surface area contributed by atoms with Crippen molar-refractivity contribution in [1.82, 2.24) is 25.2 Å². The van der Waals surface area contributed by atoms with Crippen LogP contribution in [0.5, 0.6) is 0 Å². The SMILES string of the molecule is CC(O[C@@H]1OCCN(Cc2n[nH]nc2CN(C)C)[C@@H]1c1ccccc1)c1cc(C(F)(F)F)cc(C(F)(F)F)c1. The van der Waals surface area contributed by atoms with E-state index in [4.69, 9.17) is 9.47 Å². The zero-order valence-electron chi connectivity index (χ0n) is 21.6. The molecule has 4 rings (SSSR count). The third kappa shape index (κ3) is 7.15. The molecule has 1 aromatic heterocycles. The molecule has 1 aliphatic rings. The van der Waals surface area contributed by atoms with Crippen LogP contribution in [0.15, 0.2) is 48.5 Å². The van der Waals surface area contributed by atoms with Crippen molar-refractivity contribution < 1.29 is 35.8 Å². The van der Waals surface area contributed by atoms with Gasteiger partial charge in [0.15, 0.2) is 6.29 Å². The molecular weight excluding hydrogens is 528 g/mol. The number of benzene rings is 2. The van der Waals surface area contributed by atoms with Crippen LogP contribution in [0, 0.1) is 0 Å². The molecule has 7 nitrogen and oxygen atoms in total. The van der Waals surface area contributed by atoms with E-state index in [0.717, 1.165) is 11.3 Å². The summed E-state index contributed by atoms with van der Waals surface area (Å²) >= 11 is 0. The molecule has 0 radical (unpaired) electrons. The second kappa shape index (κ2) is 11.6. The van der Waals surface area contributed by atoms with Crippen molar-refractivity contribution in [3.05, 3.63) is 82.2 Å². The normalized spacial score (nSPS) is 19.9. The second-order valence-corrected chi connectivity index (χ2v) is 9.64. The number of aromatic amines is 1. The van der Waals surface area contributed by atoms with Crippen LogP contribution in [0.4, 0.5) is 26.3 Å². The van der Waals surface area contributed by atoms with E-state index in [9.17, 15) is 26.3 Å². The summed E-state index contributed by atoms with van der Waals surface area (Å²) in [5.41, 5.74) is -0.763. The van der Waals surface area contributed by atoms with Crippen LogP contribution < -0.4 is 0 Å². The van der Waals surface area contributed by atoms with Gasteiger partial charge in [-0.05, 0) is 50.3 Å². The molecule has 3 aromatic rings. The Morgan fingerprint density at radius 1 is 1.00 bits per heavy atom. The lowest BCUT2D eigenvalue weighted by molar-refractivity contribution is -0.231. The average molecular weight is 558 g/mol. The van der Waals surface area contributed by atoms with Crippen LogP contribution in [-0.4, -0.2) is 58.7 Å². The molecule has 0 aliphatic carbocycles. The lowest BCUT2D eigenvalue weighted by Crippen LogP contribution is -2.46. The number of morpholine rings is 1. The Morgan fingerprint density at radius 2 is 1.62 bits per heavy atom. The van der Waals surface area contributed by atoms with Gasteiger partial charge in [-0.2, -0.15) is 41.8 Å². The van der Waals surface area contributed by atoms with Gasteiger partial charge in [0.2, 0.25) is 0 Å². The maximum atomic E-state index is 13.4. The van der Waals surface area contributed by atoms with Crippen LogP contribution >= 0.6 is 0 Å². The highest BCUT2D eigenvalue weighted by atomic mass is 19.4. The average Bonchev–Trinajstić information content (AvgIpc) is 3.29. The topological polar surface area (TPSA) is 66.5 Å². The van der Waals surface area contributed by atoms with Gasteiger partial charge in [0.25, 0.3) is 0 Å². The lowest BCUT2D eigenvalue weighted by atomic mass is 10.0. The quantitative estimate of drug-likeness (QED) is 0.365. The first kappa shape index (κ1) is 29.0. The third-order valence-corrected chi connectivity index (χ3v) is 6.39. The molecule has 0 amide bonds. The number of H-pyrrole nitrogens is 1. The molecule has 2 aromatic carbocycles. The minimum atomic E-state index is -4.96. The summed E-state index contributed by atoms with van der Waals surface area (Å²) < 4.78 is 92.6. The Bertz CT molecular complexity index is 1200. The van der Waals surface area contributed by atoms with Crippen LogP contribution in [0.1, 0.15) is 52.7 Å². The lowest BCUT2D eigenvalue weighted by Gasteiger charge is -2.42. The van der Waals surface area contributed by atoms with E-state index in [-0.39, 0.29) is 18.2 Å². The van der Waals surface area contributed by atoms with Gasteiger partial charge in [0.1, 0.15) is 11.4 Å². The van der Waals surface area contributed by atoms with Gasteiger partial charge in [-0.15, -0.1) is 0 Å². The fourth-order valence-electron chi connectivity index (χ4n) is 4.51. The van der Waals surface area contributed by atoms with E-state index in [1.165, 1.54) is 6.92 Å². The number of aromatic nitrogens is 3. The van der Waals surface area contributed by atoms with Crippen molar-refractivity contribution in [3.63, 3.8) is 0 Å². The van der Waals surface area contributed by atoms with Crippen molar-refractivity contribution in [3.8, 4) is 0 Å². The molecule has 13 heteroatoms. The Morgan fingerprint density at radius 3 is 2.21 bits per heavy atom. The molecule has 1 fully saturated rings. The number of rotatable bonds is 8. The van der Waals surface area contributed by atoms with Gasteiger partial charge in [0, 0.05) is 19.6 Å². The van der Waals surface area contributed by atoms with Crippen molar-refractivity contribution in [2.75, 3.05) is 27.2 Å². The van der Waals surface area contributed by atoms with E-state index >= 15 is 0 Å². The monoisotopic (exact) mass is 557 g/mol. The van der Waals surface area contributed by atoms with Crippen molar-refractivity contribution >= 4 is 0 Å². The molecule has 1 unspecified atom stereocenters. The molecule has 0 saturated carbocycles. The van der Waals surface area contributed by atoms with Gasteiger partial charge in [-0.1, -0.05) is 30.3 Å². The van der Waals surface area contributed by atoms with Crippen LogP contribution in [0.3, 0.4) is 0 Å². The standard InChI is InChI=1S/C26H29F6N5O2/c1-16(18-11-19(25(27,28)29)13-20(12-18)26(30,31)32)39-24-23(17-7-5-4-6-8-17)37(9-10-38-24)15-22-21(14-36(2)3)33-35-34-22/h4-8,11-13,16,23-24H,9-10,14-15H2,1-3H3,(H,33,34,35)/t16?,23-,24+/m1/s1. The molecule has 1 N–H and O–H groups in total. The van der Waals surface area contributed by atoms with Crippen molar-refractivity contribution in [1.29, 1.82) is 0 Å². The van der Waals surface area contributed by atoms with Crippen LogP contribution in [-0.2, 0) is 34.9 Å². The highest BCUT2D eigenvalue weighted by molar-refractivity contribution is 5.34. The van der Waals surface area contributed by atoms with Gasteiger partial charge >= 0.3 is 12.4 Å². The summed E-state index contributed by atoms with van der Waals surface area (Å²) in [6.45, 7) is 3.06. The maximum absolute atomic E-state index is 13.4. The minimum Gasteiger partial charge on any atom is -0.349 e. The molecule has 0 bridgehead atoms. The molecule has 3 atom stereocenters. The predicted molar refractivity (Wildman–Crippen MR) is 129 cm³/mol. The van der Waals surface area contributed by atoms with Gasteiger partial charge in [-0.25, -0.2) is 0 Å². The number of nitrogens with zero attached hydrogens (tertiary/aromatic N) is 4. The predicted octanol–water partition coefficient (Wildman–Crippen LogP) is 5.58. The zero-order valence-corrected chi connectivity index (χ0v) is 21.6. The number of hydrogen-bond donors (Lipinski definition) is 1. The molecule has 1 aliphatic heterocycles. The first-order chi connectivity index (χ1) is 18.3. The number of hydrogen-bond acceptors (Lipinski definition) is 6. The molecule has 212 valence electrons. The Labute approximate surface area is 221 Å². The summed E-state index contributed by atoms with van der Waals surface area (Å²) in [5.74, 6) is 0. The van der Waals surface area contributed by atoms with E-state index in [1.807, 2.05) is 49.3 Å². The summed E-state index contributed by atoms with van der Waals surface area (Å²) in [6, 6.07) is 10.2. The Hall–Kier alpha value is -3.00. The van der Waals surface area contributed by atoms with Gasteiger partial charge in [0.05, 0.1) is 29.9 Å². The fourth-order valence-corrected chi connectivity index (χ4v) is 4.51. The number of alkyl halides is 6. The minimum absolute atomic E-state index is 0.102. The first-order valence-electron chi connectivity index (χ1n) is 12.2. The van der Waals surface area contributed by atoms with E-state index in [2.05, 4.69) is 20.3 Å². The molecule has 0 spiro atoms. The Balaban J connectivity index is 1.64. The largest absolute Gasteiger partial charge is 0.416 e. The van der Waals surface area contributed by atoms with E-state index in [0.29, 0.717) is 37.5 Å². The second-order valence-electron chi connectivity index (χ2n) is 9.64. The maximum Gasteiger partial charge on any atom is 0.416 e. The summed E-state index contributed by atoms with van der Waals surface area (Å²) in [6.07, 6.45) is -12.0. The molecule has 39 heavy (non-hydrogen) atoms. The fraction of sp³-hybridized carbons (Fsp3) is 0.462. The smallest absolute Gasteiger partial charge is 0.349 e. The van der Waals surface area contributed by atoms with Crippen LogP contribution in [0.25, 0.3) is 0 Å². The Kier molecular flexibility index (Phi) is 8.64. The number of halogens is 6. The van der Waals surface area contributed by atoms with Crippen molar-refractivity contribution in [2.24, 2.45) is 0 Å². The molecule has 2 heterocycles. The van der Waals surface area contributed by atoms with Crippen LogP contribution in [0.2, 0.25) is 0 Å². The van der Waals surface area contributed by atoms with Gasteiger partial charge < -0.3 is 14.4 Å². The molecular formula is C26H29F6N5O2. The number of nitrogens with one attached hydrogen (secondary N) is 1. The third-order valence-electron chi connectivity index (χ3n) is 6.39. The summed E-state index contributed by atoms with van der Waals surface area (Å²) in [7, 11) is 3.81. The van der Waals surface area contributed by atoms with Crippen molar-refractivity contribution in [2.45, 2.75) is 50.8 Å². The van der Waals surface area contributed by atoms with Gasteiger partial charge in [-0.3, -0.25) is 4.90 Å². The molecule has 1 saturated heterocycles. The summed E-state index contributed by atoms with van der Waals surface area (Å²) in [4.78, 5) is 4.01.